The molecule has 1 N–H and O–H groups in total. The molecule has 21 heavy (non-hydrogen) atoms. The van der Waals surface area contributed by atoms with Gasteiger partial charge in [-0.25, -0.2) is 0 Å². The van der Waals surface area contributed by atoms with Crippen LogP contribution in [0.4, 0.5) is 0 Å². The van der Waals surface area contributed by atoms with Crippen molar-refractivity contribution in [1.29, 1.82) is 0 Å². The van der Waals surface area contributed by atoms with Gasteiger partial charge in [-0.2, -0.15) is 0 Å². The third-order valence-electron chi connectivity index (χ3n) is 6.00. The molecule has 0 saturated heterocycles. The molecule has 2 atom stereocenters. The summed E-state index contributed by atoms with van der Waals surface area (Å²) < 4.78 is 0. The number of aliphatic hydroxyl groups is 1. The van der Waals surface area contributed by atoms with E-state index in [4.69, 9.17) is 0 Å². The molecule has 0 radical (unpaired) electrons. The second-order valence-corrected chi connectivity index (χ2v) is 8.51. The van der Waals surface area contributed by atoms with Gasteiger partial charge in [-0.05, 0) is 49.4 Å². The van der Waals surface area contributed by atoms with E-state index in [1.54, 1.807) is 0 Å². The standard InChI is InChI=1S/C20H40O/c1-16(2)20(21)14-12-18(4)10-6-8-17(3)9-7-11-19(5)13-15-20/h16-19,21H,6-15H2,1-5H3. The lowest BCUT2D eigenvalue weighted by molar-refractivity contribution is -0.0303. The second-order valence-electron chi connectivity index (χ2n) is 8.51. The van der Waals surface area contributed by atoms with E-state index in [-0.39, 0.29) is 0 Å². The van der Waals surface area contributed by atoms with Gasteiger partial charge in [-0.15, -0.1) is 0 Å². The van der Waals surface area contributed by atoms with Crippen molar-refractivity contribution in [2.75, 3.05) is 0 Å². The fourth-order valence-corrected chi connectivity index (χ4v) is 3.76. The van der Waals surface area contributed by atoms with E-state index in [1.807, 2.05) is 0 Å². The number of hydrogen-bond donors (Lipinski definition) is 1. The topological polar surface area (TPSA) is 20.2 Å². The molecule has 0 bridgehead atoms. The van der Waals surface area contributed by atoms with Crippen molar-refractivity contribution in [1.82, 2.24) is 0 Å². The first-order valence-electron chi connectivity index (χ1n) is 9.56. The summed E-state index contributed by atoms with van der Waals surface area (Å²) in [6, 6.07) is 0. The molecule has 1 rings (SSSR count). The highest BCUT2D eigenvalue weighted by molar-refractivity contribution is 4.83. The molecular formula is C20H40O. The number of hydrogen-bond acceptors (Lipinski definition) is 1. The maximum Gasteiger partial charge on any atom is 0.0670 e. The lowest BCUT2D eigenvalue weighted by atomic mass is 9.77. The predicted molar refractivity (Wildman–Crippen MR) is 93.4 cm³/mol. The Morgan fingerprint density at radius 2 is 1.05 bits per heavy atom. The van der Waals surface area contributed by atoms with Gasteiger partial charge in [0.05, 0.1) is 5.60 Å². The normalized spacial score (nSPS) is 38.1. The van der Waals surface area contributed by atoms with E-state index in [0.717, 1.165) is 30.6 Å². The summed E-state index contributed by atoms with van der Waals surface area (Å²) in [5.41, 5.74) is -0.431. The molecule has 0 heterocycles. The first kappa shape index (κ1) is 19.0. The highest BCUT2D eigenvalue weighted by Gasteiger charge is 2.31. The smallest absolute Gasteiger partial charge is 0.0670 e. The molecule has 2 unspecified atom stereocenters. The molecule has 0 aliphatic heterocycles. The summed E-state index contributed by atoms with van der Waals surface area (Å²) in [4.78, 5) is 0. The van der Waals surface area contributed by atoms with Crippen LogP contribution >= 0.6 is 0 Å². The summed E-state index contributed by atoms with van der Waals surface area (Å²) in [7, 11) is 0. The Morgan fingerprint density at radius 3 is 1.38 bits per heavy atom. The van der Waals surface area contributed by atoms with Crippen molar-refractivity contribution in [2.45, 2.75) is 104 Å². The van der Waals surface area contributed by atoms with Gasteiger partial charge in [0.1, 0.15) is 0 Å². The van der Waals surface area contributed by atoms with Gasteiger partial charge < -0.3 is 5.11 Å². The fraction of sp³-hybridized carbons (Fsp3) is 1.00. The van der Waals surface area contributed by atoms with Crippen LogP contribution in [0.1, 0.15) is 98.8 Å². The first-order chi connectivity index (χ1) is 9.83. The Morgan fingerprint density at radius 1 is 0.714 bits per heavy atom. The van der Waals surface area contributed by atoms with Crippen molar-refractivity contribution in [2.24, 2.45) is 23.7 Å². The van der Waals surface area contributed by atoms with E-state index in [2.05, 4.69) is 34.6 Å². The van der Waals surface area contributed by atoms with E-state index in [1.165, 1.54) is 51.4 Å². The third kappa shape index (κ3) is 7.17. The van der Waals surface area contributed by atoms with E-state index >= 15 is 0 Å². The van der Waals surface area contributed by atoms with Crippen molar-refractivity contribution >= 4 is 0 Å². The van der Waals surface area contributed by atoms with Gasteiger partial charge in [0.15, 0.2) is 0 Å². The molecule has 0 aromatic rings. The van der Waals surface area contributed by atoms with Crippen molar-refractivity contribution < 1.29 is 5.11 Å². The van der Waals surface area contributed by atoms with Crippen LogP contribution in [-0.2, 0) is 0 Å². The van der Waals surface area contributed by atoms with Crippen LogP contribution in [0.5, 0.6) is 0 Å². The Labute approximate surface area is 133 Å². The maximum atomic E-state index is 11.0. The zero-order valence-electron chi connectivity index (χ0n) is 15.3. The summed E-state index contributed by atoms with van der Waals surface area (Å²) in [5.74, 6) is 2.82. The van der Waals surface area contributed by atoms with Crippen molar-refractivity contribution in [3.63, 3.8) is 0 Å². The molecule has 0 aromatic heterocycles. The molecule has 126 valence electrons. The summed E-state index contributed by atoms with van der Waals surface area (Å²) >= 11 is 0. The molecule has 1 heteroatoms. The average Bonchev–Trinajstić information content (AvgIpc) is 2.42. The minimum Gasteiger partial charge on any atom is -0.390 e. The van der Waals surface area contributed by atoms with Crippen molar-refractivity contribution in [3.05, 3.63) is 0 Å². The van der Waals surface area contributed by atoms with Gasteiger partial charge in [-0.1, -0.05) is 73.1 Å². The van der Waals surface area contributed by atoms with Gasteiger partial charge >= 0.3 is 0 Å². The zero-order valence-corrected chi connectivity index (χ0v) is 15.3. The van der Waals surface area contributed by atoms with Crippen LogP contribution in [0.3, 0.4) is 0 Å². The predicted octanol–water partition coefficient (Wildman–Crippen LogP) is 6.20. The molecule has 0 amide bonds. The summed E-state index contributed by atoms with van der Waals surface area (Å²) in [6.45, 7) is 11.6. The van der Waals surface area contributed by atoms with Crippen LogP contribution in [0.25, 0.3) is 0 Å². The largest absolute Gasteiger partial charge is 0.390 e. The molecule has 0 aromatic carbocycles. The second kappa shape index (κ2) is 9.18. The third-order valence-corrected chi connectivity index (χ3v) is 6.00. The van der Waals surface area contributed by atoms with E-state index < -0.39 is 5.60 Å². The van der Waals surface area contributed by atoms with Gasteiger partial charge in [0, 0.05) is 0 Å². The lowest BCUT2D eigenvalue weighted by Crippen LogP contribution is -2.36. The molecule has 1 saturated carbocycles. The van der Waals surface area contributed by atoms with Crippen LogP contribution in [0.2, 0.25) is 0 Å². The molecule has 1 aliphatic rings. The monoisotopic (exact) mass is 296 g/mol. The molecule has 1 nitrogen and oxygen atoms in total. The van der Waals surface area contributed by atoms with E-state index in [9.17, 15) is 5.11 Å². The zero-order chi connectivity index (χ0) is 15.9. The highest BCUT2D eigenvalue weighted by Crippen LogP contribution is 2.33. The summed E-state index contributed by atoms with van der Waals surface area (Å²) in [5, 5.41) is 11.0. The molecule has 1 aliphatic carbocycles. The van der Waals surface area contributed by atoms with Gasteiger partial charge in [0.2, 0.25) is 0 Å². The van der Waals surface area contributed by atoms with Gasteiger partial charge in [0.25, 0.3) is 0 Å². The highest BCUT2D eigenvalue weighted by atomic mass is 16.3. The lowest BCUT2D eigenvalue weighted by Gasteiger charge is -2.34. The number of rotatable bonds is 1. The first-order valence-corrected chi connectivity index (χ1v) is 9.56. The van der Waals surface area contributed by atoms with Crippen molar-refractivity contribution in [3.8, 4) is 0 Å². The Bertz CT molecular complexity index is 251. The van der Waals surface area contributed by atoms with Crippen LogP contribution in [-0.4, -0.2) is 10.7 Å². The molecule has 1 fully saturated rings. The minimum absolute atomic E-state index is 0.379. The Balaban J connectivity index is 2.62. The maximum absolute atomic E-state index is 11.0. The Kier molecular flexibility index (Phi) is 8.31. The molecule has 0 spiro atoms. The minimum atomic E-state index is -0.431. The summed E-state index contributed by atoms with van der Waals surface area (Å²) in [6.07, 6.45) is 12.6. The fourth-order valence-electron chi connectivity index (χ4n) is 3.76. The van der Waals surface area contributed by atoms with Crippen LogP contribution in [0, 0.1) is 23.7 Å². The average molecular weight is 297 g/mol. The van der Waals surface area contributed by atoms with Crippen LogP contribution < -0.4 is 0 Å². The van der Waals surface area contributed by atoms with Crippen LogP contribution in [0.15, 0.2) is 0 Å². The SMILES string of the molecule is CC1CCCC(C)CCC(O)(C(C)C)CCC(C)CCC1. The Hall–Kier alpha value is -0.0400. The quantitative estimate of drug-likeness (QED) is 0.611. The van der Waals surface area contributed by atoms with Gasteiger partial charge in [-0.3, -0.25) is 0 Å². The molecular weight excluding hydrogens is 256 g/mol. The van der Waals surface area contributed by atoms with E-state index in [0.29, 0.717) is 5.92 Å².